The van der Waals surface area contributed by atoms with Gasteiger partial charge in [-0.25, -0.2) is 4.39 Å². The summed E-state index contributed by atoms with van der Waals surface area (Å²) >= 11 is 1.16. The Morgan fingerprint density at radius 3 is 2.50 bits per heavy atom. The van der Waals surface area contributed by atoms with Crippen molar-refractivity contribution in [1.29, 1.82) is 0 Å². The highest BCUT2D eigenvalue weighted by Crippen LogP contribution is 2.18. The Labute approximate surface area is 155 Å². The Bertz CT molecular complexity index is 765. The molecule has 7 heteroatoms. The van der Waals surface area contributed by atoms with Crippen LogP contribution in [0.15, 0.2) is 42.5 Å². The molecule has 2 aromatic carbocycles. The fraction of sp³-hybridized carbons (Fsp3) is 0.263. The number of carbonyl (C=O) groups excluding carboxylic acids is 2. The van der Waals surface area contributed by atoms with Crippen LogP contribution in [0.5, 0.6) is 5.75 Å². The van der Waals surface area contributed by atoms with Crippen molar-refractivity contribution in [2.75, 3.05) is 23.9 Å². The summed E-state index contributed by atoms with van der Waals surface area (Å²) in [6.45, 7) is 1.93. The molecule has 26 heavy (non-hydrogen) atoms. The van der Waals surface area contributed by atoms with E-state index in [1.807, 2.05) is 31.2 Å². The molecule has 0 saturated heterocycles. The summed E-state index contributed by atoms with van der Waals surface area (Å²) < 4.78 is 23.4. The van der Waals surface area contributed by atoms with Gasteiger partial charge >= 0.3 is 5.97 Å². The standard InChI is InChI=1S/C19H20FNO4S/c1-13-3-6-15(7-4-13)21-18(22)11-26-12-19(23)25-10-14-5-8-17(24-2)16(20)9-14/h3-9H,10-12H2,1-2H3,(H,21,22). The highest BCUT2D eigenvalue weighted by molar-refractivity contribution is 8.00. The lowest BCUT2D eigenvalue weighted by atomic mass is 10.2. The van der Waals surface area contributed by atoms with Crippen LogP contribution in [0, 0.1) is 12.7 Å². The third kappa shape index (κ3) is 6.40. The molecule has 138 valence electrons. The van der Waals surface area contributed by atoms with Gasteiger partial charge in [0.15, 0.2) is 11.6 Å². The first kappa shape index (κ1) is 19.8. The van der Waals surface area contributed by atoms with Crippen molar-refractivity contribution < 1.29 is 23.5 Å². The minimum absolute atomic E-state index is 0.0319. The number of methoxy groups -OCH3 is 1. The summed E-state index contributed by atoms with van der Waals surface area (Å²) in [4.78, 5) is 23.5. The maximum Gasteiger partial charge on any atom is 0.316 e. The van der Waals surface area contributed by atoms with Crippen LogP contribution in [0.25, 0.3) is 0 Å². The van der Waals surface area contributed by atoms with Gasteiger partial charge in [-0.1, -0.05) is 23.8 Å². The van der Waals surface area contributed by atoms with E-state index in [1.165, 1.54) is 19.2 Å². The van der Waals surface area contributed by atoms with E-state index in [0.717, 1.165) is 17.3 Å². The minimum atomic E-state index is -0.511. The minimum Gasteiger partial charge on any atom is -0.494 e. The van der Waals surface area contributed by atoms with Crippen molar-refractivity contribution in [1.82, 2.24) is 0 Å². The molecule has 2 rings (SSSR count). The molecule has 5 nitrogen and oxygen atoms in total. The molecule has 0 bridgehead atoms. The molecule has 0 aliphatic heterocycles. The summed E-state index contributed by atoms with van der Waals surface area (Å²) in [7, 11) is 1.38. The molecule has 0 fully saturated rings. The second kappa shape index (κ2) is 9.82. The molecular weight excluding hydrogens is 357 g/mol. The van der Waals surface area contributed by atoms with E-state index >= 15 is 0 Å². The van der Waals surface area contributed by atoms with E-state index in [0.29, 0.717) is 11.3 Å². The first-order valence-corrected chi connectivity index (χ1v) is 9.05. The number of halogens is 1. The van der Waals surface area contributed by atoms with Crippen LogP contribution in [-0.2, 0) is 20.9 Å². The molecule has 0 aliphatic carbocycles. The lowest BCUT2D eigenvalue weighted by Crippen LogP contribution is -2.16. The number of hydrogen-bond acceptors (Lipinski definition) is 5. The van der Waals surface area contributed by atoms with Gasteiger partial charge in [-0.05, 0) is 36.8 Å². The van der Waals surface area contributed by atoms with Crippen molar-refractivity contribution in [3.8, 4) is 5.75 Å². The summed E-state index contributed by atoms with van der Waals surface area (Å²) in [5, 5.41) is 2.75. The number of anilines is 1. The van der Waals surface area contributed by atoms with Crippen LogP contribution in [0.1, 0.15) is 11.1 Å². The van der Waals surface area contributed by atoms with Crippen LogP contribution < -0.4 is 10.1 Å². The number of rotatable bonds is 8. The molecule has 1 N–H and O–H groups in total. The molecule has 0 aliphatic rings. The van der Waals surface area contributed by atoms with E-state index in [9.17, 15) is 14.0 Å². The molecule has 0 radical (unpaired) electrons. The van der Waals surface area contributed by atoms with E-state index in [-0.39, 0.29) is 29.8 Å². The van der Waals surface area contributed by atoms with Gasteiger partial charge in [0.2, 0.25) is 5.91 Å². The van der Waals surface area contributed by atoms with Crippen molar-refractivity contribution in [3.05, 3.63) is 59.4 Å². The number of esters is 1. The lowest BCUT2D eigenvalue weighted by molar-refractivity contribution is -0.141. The molecule has 2 aromatic rings. The number of carbonyl (C=O) groups is 2. The first-order chi connectivity index (χ1) is 12.5. The summed E-state index contributed by atoms with van der Waals surface area (Å²) in [5.74, 6) is -0.850. The molecule has 0 heterocycles. The zero-order valence-corrected chi connectivity index (χ0v) is 15.4. The highest BCUT2D eigenvalue weighted by Gasteiger charge is 2.09. The van der Waals surface area contributed by atoms with Gasteiger partial charge in [0.1, 0.15) is 6.61 Å². The predicted molar refractivity (Wildman–Crippen MR) is 99.9 cm³/mol. The molecule has 0 aromatic heterocycles. The third-order valence-electron chi connectivity index (χ3n) is 3.40. The average molecular weight is 377 g/mol. The number of benzene rings is 2. The van der Waals surface area contributed by atoms with Crippen molar-refractivity contribution in [3.63, 3.8) is 0 Å². The number of thioether (sulfide) groups is 1. The topological polar surface area (TPSA) is 64.6 Å². The van der Waals surface area contributed by atoms with E-state index in [1.54, 1.807) is 6.07 Å². The Morgan fingerprint density at radius 2 is 1.85 bits per heavy atom. The van der Waals surface area contributed by atoms with Gasteiger partial charge in [0, 0.05) is 5.69 Å². The predicted octanol–water partition coefficient (Wildman–Crippen LogP) is 3.56. The molecule has 0 saturated carbocycles. The maximum absolute atomic E-state index is 13.6. The fourth-order valence-electron chi connectivity index (χ4n) is 2.07. The number of ether oxygens (including phenoxy) is 2. The van der Waals surface area contributed by atoms with Crippen LogP contribution in [0.4, 0.5) is 10.1 Å². The van der Waals surface area contributed by atoms with E-state index in [2.05, 4.69) is 5.32 Å². The maximum atomic E-state index is 13.6. The second-order valence-corrected chi connectivity index (χ2v) is 6.52. The Balaban J connectivity index is 1.67. The SMILES string of the molecule is COc1ccc(COC(=O)CSCC(=O)Nc2ccc(C)cc2)cc1F. The molecule has 0 unspecified atom stereocenters. The van der Waals surface area contributed by atoms with Crippen molar-refractivity contribution in [2.45, 2.75) is 13.5 Å². The van der Waals surface area contributed by atoms with Gasteiger partial charge in [0.25, 0.3) is 0 Å². The Kier molecular flexibility index (Phi) is 7.47. The van der Waals surface area contributed by atoms with Crippen LogP contribution in [0.2, 0.25) is 0 Å². The summed E-state index contributed by atoms with van der Waals surface area (Å²) in [6, 6.07) is 11.8. The zero-order valence-electron chi connectivity index (χ0n) is 14.6. The summed E-state index contributed by atoms with van der Waals surface area (Å²) in [5.41, 5.74) is 2.35. The summed E-state index contributed by atoms with van der Waals surface area (Å²) in [6.07, 6.45) is 0. The number of aryl methyl sites for hydroxylation is 1. The quantitative estimate of drug-likeness (QED) is 0.713. The largest absolute Gasteiger partial charge is 0.494 e. The monoisotopic (exact) mass is 377 g/mol. The average Bonchev–Trinajstić information content (AvgIpc) is 2.62. The van der Waals surface area contributed by atoms with Crippen molar-refractivity contribution >= 4 is 29.3 Å². The highest BCUT2D eigenvalue weighted by atomic mass is 32.2. The van der Waals surface area contributed by atoms with Crippen LogP contribution in [0.3, 0.4) is 0 Å². The number of hydrogen-bond donors (Lipinski definition) is 1. The van der Waals surface area contributed by atoms with Gasteiger partial charge in [-0.3, -0.25) is 9.59 Å². The van der Waals surface area contributed by atoms with E-state index in [4.69, 9.17) is 9.47 Å². The van der Waals surface area contributed by atoms with Crippen molar-refractivity contribution in [2.24, 2.45) is 0 Å². The number of nitrogens with one attached hydrogen (secondary N) is 1. The third-order valence-corrected chi connectivity index (χ3v) is 4.31. The zero-order chi connectivity index (χ0) is 18.9. The van der Waals surface area contributed by atoms with Crippen LogP contribution >= 0.6 is 11.8 Å². The first-order valence-electron chi connectivity index (χ1n) is 7.90. The molecule has 0 atom stereocenters. The van der Waals surface area contributed by atoms with Gasteiger partial charge in [-0.15, -0.1) is 11.8 Å². The smallest absolute Gasteiger partial charge is 0.316 e. The van der Waals surface area contributed by atoms with Gasteiger partial charge in [0.05, 0.1) is 18.6 Å². The Hall–Kier alpha value is -2.54. The normalized spacial score (nSPS) is 10.3. The number of amides is 1. The van der Waals surface area contributed by atoms with Crippen LogP contribution in [-0.4, -0.2) is 30.5 Å². The molecule has 1 amide bonds. The van der Waals surface area contributed by atoms with Gasteiger partial charge < -0.3 is 14.8 Å². The molecular formula is C19H20FNO4S. The Morgan fingerprint density at radius 1 is 1.12 bits per heavy atom. The lowest BCUT2D eigenvalue weighted by Gasteiger charge is -2.07. The fourth-order valence-corrected chi connectivity index (χ4v) is 2.68. The van der Waals surface area contributed by atoms with E-state index < -0.39 is 11.8 Å². The second-order valence-electron chi connectivity index (χ2n) is 5.54. The molecule has 0 spiro atoms. The van der Waals surface area contributed by atoms with Gasteiger partial charge in [-0.2, -0.15) is 0 Å².